The van der Waals surface area contributed by atoms with Gasteiger partial charge in [-0.1, -0.05) is 30.2 Å². The van der Waals surface area contributed by atoms with Gasteiger partial charge in [0.2, 0.25) is 15.9 Å². The zero-order chi connectivity index (χ0) is 24.0. The number of halogens is 2. The molecule has 0 radical (unpaired) electrons. The maximum absolute atomic E-state index is 12.9. The van der Waals surface area contributed by atoms with E-state index in [1.165, 1.54) is 6.07 Å². The second-order valence-electron chi connectivity index (χ2n) is 7.50. The molecule has 176 valence electrons. The maximum atomic E-state index is 12.9. The van der Waals surface area contributed by atoms with Crippen LogP contribution in [-0.4, -0.2) is 31.8 Å². The van der Waals surface area contributed by atoms with Gasteiger partial charge in [0.1, 0.15) is 10.6 Å². The van der Waals surface area contributed by atoms with Crippen molar-refractivity contribution in [3.63, 3.8) is 0 Å². The summed E-state index contributed by atoms with van der Waals surface area (Å²) in [6, 6.07) is 12.0. The number of sulfonamides is 1. The van der Waals surface area contributed by atoms with Gasteiger partial charge in [0.15, 0.2) is 0 Å². The molecule has 0 saturated heterocycles. The molecule has 3 aromatic rings. The van der Waals surface area contributed by atoms with Gasteiger partial charge in [-0.3, -0.25) is 9.59 Å². The van der Waals surface area contributed by atoms with E-state index in [2.05, 4.69) is 31.0 Å². The molecule has 0 aliphatic rings. The summed E-state index contributed by atoms with van der Waals surface area (Å²) in [7, 11) is -3.83. The lowest BCUT2D eigenvalue weighted by molar-refractivity contribution is -0.121. The zero-order valence-electron chi connectivity index (χ0n) is 17.7. The van der Waals surface area contributed by atoms with Gasteiger partial charge in [-0.15, -0.1) is 0 Å². The van der Waals surface area contributed by atoms with Crippen LogP contribution in [0.15, 0.2) is 51.8 Å². The van der Waals surface area contributed by atoms with Gasteiger partial charge >= 0.3 is 0 Å². The summed E-state index contributed by atoms with van der Waals surface area (Å²) < 4.78 is 28.7. The Morgan fingerprint density at radius 2 is 1.79 bits per heavy atom. The molecule has 0 atom stereocenters. The van der Waals surface area contributed by atoms with Crippen molar-refractivity contribution in [2.24, 2.45) is 5.73 Å². The molecular weight excluding hydrogens is 532 g/mol. The van der Waals surface area contributed by atoms with E-state index < -0.39 is 15.9 Å². The highest BCUT2D eigenvalue weighted by Crippen LogP contribution is 2.31. The first-order chi connectivity index (χ1) is 15.7. The van der Waals surface area contributed by atoms with Crippen LogP contribution in [0.2, 0.25) is 5.02 Å². The van der Waals surface area contributed by atoms with Gasteiger partial charge in [-0.25, -0.2) is 13.1 Å². The number of aromatic amines is 1. The van der Waals surface area contributed by atoms with E-state index in [4.69, 9.17) is 17.3 Å². The molecule has 33 heavy (non-hydrogen) atoms. The standard InChI is InChI=1S/C22H24BrClN4O4S/c23-17-9-10-18-16(12-19(28-18)22(25)30)21(17)33(31,32)27-11-3-1-2-4-20(29)26-13-14-5-7-15(24)8-6-14/h5-10,12,27-28H,1-4,11,13H2,(H2,25,30)(H,26,29). The fourth-order valence-corrected chi connectivity index (χ4v) is 5.77. The van der Waals surface area contributed by atoms with Gasteiger partial charge in [0.05, 0.1) is 0 Å². The normalized spacial score (nSPS) is 11.6. The number of fused-ring (bicyclic) bond motifs is 1. The molecule has 0 spiro atoms. The van der Waals surface area contributed by atoms with E-state index in [0.717, 1.165) is 5.56 Å². The molecule has 2 aromatic carbocycles. The van der Waals surface area contributed by atoms with Crippen LogP contribution >= 0.6 is 27.5 Å². The first-order valence-corrected chi connectivity index (χ1v) is 12.9. The number of hydrogen-bond acceptors (Lipinski definition) is 4. The highest BCUT2D eigenvalue weighted by Gasteiger charge is 2.22. The Bertz CT molecular complexity index is 1260. The van der Waals surface area contributed by atoms with Crippen molar-refractivity contribution >= 4 is 60.3 Å². The van der Waals surface area contributed by atoms with Crippen molar-refractivity contribution in [3.8, 4) is 0 Å². The molecule has 5 N–H and O–H groups in total. The van der Waals surface area contributed by atoms with E-state index in [1.54, 1.807) is 24.3 Å². The van der Waals surface area contributed by atoms with Crippen molar-refractivity contribution in [2.75, 3.05) is 6.54 Å². The molecule has 0 aliphatic heterocycles. The molecule has 11 heteroatoms. The van der Waals surface area contributed by atoms with Gasteiger partial charge in [0.25, 0.3) is 5.91 Å². The van der Waals surface area contributed by atoms with Crippen molar-refractivity contribution in [2.45, 2.75) is 37.1 Å². The second kappa shape index (κ2) is 11.1. The molecule has 2 amide bonds. The summed E-state index contributed by atoms with van der Waals surface area (Å²) in [6.07, 6.45) is 2.28. The monoisotopic (exact) mass is 554 g/mol. The molecule has 0 saturated carbocycles. The molecule has 0 bridgehead atoms. The zero-order valence-corrected chi connectivity index (χ0v) is 20.8. The summed E-state index contributed by atoms with van der Waals surface area (Å²) >= 11 is 9.13. The molecule has 0 fully saturated rings. The highest BCUT2D eigenvalue weighted by molar-refractivity contribution is 9.10. The minimum atomic E-state index is -3.83. The van der Waals surface area contributed by atoms with Crippen LogP contribution in [0.25, 0.3) is 10.9 Å². The van der Waals surface area contributed by atoms with Gasteiger partial charge in [-0.2, -0.15) is 0 Å². The predicted octanol–water partition coefficient (Wildman–Crippen LogP) is 3.84. The average molecular weight is 556 g/mol. The number of nitrogens with two attached hydrogens (primary N) is 1. The largest absolute Gasteiger partial charge is 0.364 e. The number of H-pyrrole nitrogens is 1. The number of nitrogens with one attached hydrogen (secondary N) is 3. The number of aromatic nitrogens is 1. The van der Waals surface area contributed by atoms with E-state index in [9.17, 15) is 18.0 Å². The third-order valence-electron chi connectivity index (χ3n) is 5.02. The van der Waals surface area contributed by atoms with Crippen LogP contribution in [0.1, 0.15) is 41.7 Å². The predicted molar refractivity (Wildman–Crippen MR) is 131 cm³/mol. The number of carbonyl (C=O) groups excluding carboxylic acids is 2. The van der Waals surface area contributed by atoms with Crippen molar-refractivity contribution in [3.05, 3.63) is 63.2 Å². The number of primary amides is 1. The molecule has 1 heterocycles. The molecule has 3 rings (SSSR count). The molecule has 1 aromatic heterocycles. The number of amides is 2. The fourth-order valence-electron chi connectivity index (χ4n) is 3.31. The Hall–Kier alpha value is -2.40. The number of benzene rings is 2. The van der Waals surface area contributed by atoms with Crippen LogP contribution in [-0.2, 0) is 21.4 Å². The Kier molecular flexibility index (Phi) is 8.52. The Balaban J connectivity index is 1.46. The van der Waals surface area contributed by atoms with Crippen LogP contribution in [0.5, 0.6) is 0 Å². The number of rotatable bonds is 11. The van der Waals surface area contributed by atoms with E-state index in [-0.39, 0.29) is 23.0 Å². The minimum Gasteiger partial charge on any atom is -0.364 e. The first kappa shape index (κ1) is 25.2. The number of unbranched alkanes of at least 4 members (excludes halogenated alkanes) is 2. The third kappa shape index (κ3) is 6.80. The quantitative estimate of drug-likeness (QED) is 0.267. The summed E-state index contributed by atoms with van der Waals surface area (Å²) in [4.78, 5) is 26.3. The summed E-state index contributed by atoms with van der Waals surface area (Å²) in [5, 5.41) is 3.88. The van der Waals surface area contributed by atoms with Gasteiger partial charge in [-0.05, 0) is 64.7 Å². The lowest BCUT2D eigenvalue weighted by Crippen LogP contribution is -2.25. The Morgan fingerprint density at radius 1 is 1.06 bits per heavy atom. The smallest absolute Gasteiger partial charge is 0.265 e. The first-order valence-electron chi connectivity index (χ1n) is 10.3. The van der Waals surface area contributed by atoms with Crippen molar-refractivity contribution < 1.29 is 18.0 Å². The van der Waals surface area contributed by atoms with Crippen LogP contribution in [0, 0.1) is 0 Å². The second-order valence-corrected chi connectivity index (χ2v) is 10.5. The summed E-state index contributed by atoms with van der Waals surface area (Å²) in [6.45, 7) is 0.664. The van der Waals surface area contributed by atoms with Gasteiger partial charge in [0, 0.05) is 39.9 Å². The topological polar surface area (TPSA) is 134 Å². The molecular formula is C22H24BrClN4O4S. The average Bonchev–Trinajstić information content (AvgIpc) is 3.20. The fraction of sp³-hybridized carbons (Fsp3) is 0.273. The number of carbonyl (C=O) groups is 2. The van der Waals surface area contributed by atoms with Crippen molar-refractivity contribution in [1.82, 2.24) is 15.0 Å². The molecule has 0 unspecified atom stereocenters. The van der Waals surface area contributed by atoms with Crippen LogP contribution in [0.3, 0.4) is 0 Å². The third-order valence-corrected chi connectivity index (χ3v) is 7.75. The summed E-state index contributed by atoms with van der Waals surface area (Å²) in [5.74, 6) is -0.727. The maximum Gasteiger partial charge on any atom is 0.265 e. The molecule has 0 aliphatic carbocycles. The van der Waals surface area contributed by atoms with Crippen LogP contribution < -0.4 is 15.8 Å². The van der Waals surface area contributed by atoms with E-state index >= 15 is 0 Å². The minimum absolute atomic E-state index is 0.0466. The lowest BCUT2D eigenvalue weighted by atomic mass is 10.2. The van der Waals surface area contributed by atoms with E-state index in [0.29, 0.717) is 52.6 Å². The summed E-state index contributed by atoms with van der Waals surface area (Å²) in [5.41, 5.74) is 6.89. The highest BCUT2D eigenvalue weighted by atomic mass is 79.9. The van der Waals surface area contributed by atoms with Crippen molar-refractivity contribution in [1.29, 1.82) is 0 Å². The number of hydrogen-bond donors (Lipinski definition) is 4. The Labute approximate surface area is 205 Å². The SMILES string of the molecule is NC(=O)c1cc2c(S(=O)(=O)NCCCCCC(=O)NCc3ccc(Cl)cc3)c(Br)ccc2[nH]1. The van der Waals surface area contributed by atoms with Crippen LogP contribution in [0.4, 0.5) is 0 Å². The van der Waals surface area contributed by atoms with E-state index in [1.807, 2.05) is 12.1 Å². The Morgan fingerprint density at radius 3 is 2.48 bits per heavy atom. The molecule has 8 nitrogen and oxygen atoms in total. The lowest BCUT2D eigenvalue weighted by Gasteiger charge is -2.10. The van der Waals surface area contributed by atoms with Gasteiger partial charge < -0.3 is 16.0 Å².